The van der Waals surface area contributed by atoms with Crippen molar-refractivity contribution in [2.75, 3.05) is 18.4 Å². The van der Waals surface area contributed by atoms with Gasteiger partial charge in [-0.2, -0.15) is 5.10 Å². The summed E-state index contributed by atoms with van der Waals surface area (Å²) in [6.45, 7) is 3.16. The lowest BCUT2D eigenvalue weighted by Crippen LogP contribution is -2.40. The van der Waals surface area contributed by atoms with Crippen molar-refractivity contribution in [3.8, 4) is 10.4 Å². The average molecular weight is 461 g/mol. The minimum Gasteiger partial charge on any atom is -0.337 e. The normalized spacial score (nSPS) is 16.5. The van der Waals surface area contributed by atoms with Crippen LogP contribution in [0.15, 0.2) is 60.9 Å². The van der Waals surface area contributed by atoms with Crippen molar-refractivity contribution in [2.24, 2.45) is 0 Å². The van der Waals surface area contributed by atoms with Gasteiger partial charge in [-0.05, 0) is 50.1 Å². The summed E-state index contributed by atoms with van der Waals surface area (Å²) in [5, 5.41) is 9.79. The van der Waals surface area contributed by atoms with Crippen LogP contribution in [0.5, 0.6) is 0 Å². The van der Waals surface area contributed by atoms with Gasteiger partial charge in [0.05, 0.1) is 28.1 Å². The number of hydrogen-bond acceptors (Lipinski definition) is 5. The van der Waals surface area contributed by atoms with Gasteiger partial charge in [0, 0.05) is 29.7 Å². The summed E-state index contributed by atoms with van der Waals surface area (Å²) in [6.07, 6.45) is 8.71. The number of imidazole rings is 1. The monoisotopic (exact) mass is 460 g/mol. The minimum absolute atomic E-state index is 0.0163. The second-order valence-electron chi connectivity index (χ2n) is 7.98. The van der Waals surface area contributed by atoms with Gasteiger partial charge in [-0.3, -0.25) is 20.0 Å². The molecule has 1 atom stereocenters. The zero-order valence-electron chi connectivity index (χ0n) is 18.2. The lowest BCUT2D eigenvalue weighted by atomic mass is 10.0. The first-order valence-electron chi connectivity index (χ1n) is 10.9. The third-order valence-corrected chi connectivity index (χ3v) is 6.95. The van der Waals surface area contributed by atoms with Crippen LogP contribution in [-0.4, -0.2) is 49.6 Å². The molecule has 4 aromatic rings. The Morgan fingerprint density at radius 3 is 2.94 bits per heavy atom. The molecule has 0 radical (unpaired) electrons. The predicted octanol–water partition coefficient (Wildman–Crippen LogP) is 4.48. The van der Waals surface area contributed by atoms with Crippen LogP contribution < -0.4 is 5.32 Å². The molecule has 1 fully saturated rings. The molecule has 0 aliphatic carbocycles. The molecule has 1 aromatic carbocycles. The first-order valence-corrected chi connectivity index (χ1v) is 11.7. The molecule has 1 saturated heterocycles. The van der Waals surface area contributed by atoms with Crippen molar-refractivity contribution < 1.29 is 9.59 Å². The Labute approximate surface area is 194 Å². The number of nitrogens with one attached hydrogen (secondary N) is 2. The Hall–Kier alpha value is -3.72. The Balaban J connectivity index is 1.45. The van der Waals surface area contributed by atoms with Gasteiger partial charge in [0.1, 0.15) is 0 Å². The van der Waals surface area contributed by atoms with E-state index >= 15 is 0 Å². The number of para-hydroxylation sites is 2. The molecular weight excluding hydrogens is 436 g/mol. The molecule has 1 aliphatic heterocycles. The van der Waals surface area contributed by atoms with Crippen LogP contribution in [0.2, 0.25) is 0 Å². The number of benzene rings is 1. The highest BCUT2D eigenvalue weighted by molar-refractivity contribution is 7.17. The van der Waals surface area contributed by atoms with E-state index in [1.807, 2.05) is 48.2 Å². The maximum Gasteiger partial charge on any atom is 0.268 e. The first kappa shape index (κ1) is 21.1. The van der Waals surface area contributed by atoms with Crippen molar-refractivity contribution in [3.05, 3.63) is 65.8 Å². The number of aromatic amines is 1. The van der Waals surface area contributed by atoms with Crippen LogP contribution in [-0.2, 0) is 4.79 Å². The molecule has 5 rings (SSSR count). The van der Waals surface area contributed by atoms with Crippen LogP contribution >= 0.6 is 11.3 Å². The second kappa shape index (κ2) is 9.03. The maximum atomic E-state index is 13.1. The van der Waals surface area contributed by atoms with Crippen LogP contribution in [0.3, 0.4) is 0 Å². The van der Waals surface area contributed by atoms with Crippen LogP contribution in [0.1, 0.15) is 35.5 Å². The lowest BCUT2D eigenvalue weighted by molar-refractivity contribution is -0.127. The molecule has 2 N–H and O–H groups in total. The number of likely N-dealkylation sites (tertiary alicyclic amines) is 1. The Morgan fingerprint density at radius 2 is 2.12 bits per heavy atom. The van der Waals surface area contributed by atoms with E-state index in [0.29, 0.717) is 17.4 Å². The van der Waals surface area contributed by atoms with Crippen LogP contribution in [0.4, 0.5) is 5.95 Å². The van der Waals surface area contributed by atoms with Crippen molar-refractivity contribution in [1.29, 1.82) is 0 Å². The summed E-state index contributed by atoms with van der Waals surface area (Å²) in [4.78, 5) is 33.7. The molecular formula is C24H24N6O2S. The van der Waals surface area contributed by atoms with Crippen molar-refractivity contribution in [1.82, 2.24) is 24.6 Å². The fraction of sp³-hybridized carbons (Fsp3) is 0.250. The van der Waals surface area contributed by atoms with E-state index in [1.54, 1.807) is 24.5 Å². The standard InChI is InChI=1S/C24H24N6O2S/c1-2-6-22(31)29-12-5-7-17(15-29)30-19-9-4-3-8-18(19)27-24(30)28-23(32)21-11-10-20(33-21)16-13-25-26-14-16/h2-4,6,8-11,13-14,17H,5,7,12,15H2,1H3,(H,25,26)(H,27,28,32)/b6-2+. The number of hydrogen-bond donors (Lipinski definition) is 2. The molecule has 33 heavy (non-hydrogen) atoms. The minimum atomic E-state index is -0.205. The number of aromatic nitrogens is 4. The number of allylic oxidation sites excluding steroid dienone is 1. The van der Waals surface area contributed by atoms with Gasteiger partial charge in [0.2, 0.25) is 11.9 Å². The number of anilines is 1. The summed E-state index contributed by atoms with van der Waals surface area (Å²) in [5.74, 6) is 0.316. The van der Waals surface area contributed by atoms with E-state index in [0.717, 1.165) is 40.9 Å². The van der Waals surface area contributed by atoms with Crippen molar-refractivity contribution >= 4 is 40.1 Å². The highest BCUT2D eigenvalue weighted by atomic mass is 32.1. The van der Waals surface area contributed by atoms with E-state index in [4.69, 9.17) is 4.98 Å². The summed E-state index contributed by atoms with van der Waals surface area (Å²) >= 11 is 1.41. The number of H-pyrrole nitrogens is 1. The topological polar surface area (TPSA) is 95.9 Å². The number of amides is 2. The van der Waals surface area contributed by atoms with Gasteiger partial charge in [-0.15, -0.1) is 11.3 Å². The largest absolute Gasteiger partial charge is 0.337 e. The molecule has 3 aromatic heterocycles. The van der Waals surface area contributed by atoms with E-state index in [2.05, 4.69) is 20.1 Å². The SMILES string of the molecule is C/C=C/C(=O)N1CCCC(n2c(NC(=O)c3ccc(-c4cn[nH]c4)s3)nc3ccccc32)C1. The molecule has 0 bridgehead atoms. The Bertz CT molecular complexity index is 1320. The number of piperidine rings is 1. The quantitative estimate of drug-likeness (QED) is 0.429. The first-order chi connectivity index (χ1) is 16.1. The fourth-order valence-corrected chi connectivity index (χ4v) is 5.16. The van der Waals surface area contributed by atoms with Gasteiger partial charge >= 0.3 is 0 Å². The molecule has 0 spiro atoms. The van der Waals surface area contributed by atoms with E-state index in [-0.39, 0.29) is 17.9 Å². The van der Waals surface area contributed by atoms with Gasteiger partial charge in [-0.25, -0.2) is 4.98 Å². The summed E-state index contributed by atoms with van der Waals surface area (Å²) < 4.78 is 2.08. The van der Waals surface area contributed by atoms with E-state index in [9.17, 15) is 9.59 Å². The molecule has 1 aliphatic rings. The molecule has 9 heteroatoms. The fourth-order valence-electron chi connectivity index (χ4n) is 4.28. The number of carbonyl (C=O) groups excluding carboxylic acids is 2. The van der Waals surface area contributed by atoms with Crippen LogP contribution in [0, 0.1) is 0 Å². The van der Waals surface area contributed by atoms with Crippen molar-refractivity contribution in [2.45, 2.75) is 25.8 Å². The zero-order valence-corrected chi connectivity index (χ0v) is 19.0. The molecule has 168 valence electrons. The summed E-state index contributed by atoms with van der Waals surface area (Å²) in [7, 11) is 0. The molecule has 1 unspecified atom stereocenters. The van der Waals surface area contributed by atoms with Crippen molar-refractivity contribution in [3.63, 3.8) is 0 Å². The lowest BCUT2D eigenvalue weighted by Gasteiger charge is -2.33. The second-order valence-corrected chi connectivity index (χ2v) is 9.06. The molecule has 8 nitrogen and oxygen atoms in total. The Kier molecular flexibility index (Phi) is 5.78. The summed E-state index contributed by atoms with van der Waals surface area (Å²) in [6, 6.07) is 11.6. The predicted molar refractivity (Wildman–Crippen MR) is 129 cm³/mol. The van der Waals surface area contributed by atoms with Crippen LogP contribution in [0.25, 0.3) is 21.5 Å². The number of carbonyl (C=O) groups is 2. The zero-order chi connectivity index (χ0) is 22.8. The maximum absolute atomic E-state index is 13.1. The number of rotatable bonds is 5. The van der Waals surface area contributed by atoms with Gasteiger partial charge in [-0.1, -0.05) is 18.2 Å². The number of nitrogens with zero attached hydrogens (tertiary/aromatic N) is 4. The van der Waals surface area contributed by atoms with Gasteiger partial charge < -0.3 is 9.47 Å². The van der Waals surface area contributed by atoms with E-state index in [1.165, 1.54) is 11.3 Å². The Morgan fingerprint density at radius 1 is 1.24 bits per heavy atom. The number of fused-ring (bicyclic) bond motifs is 1. The highest BCUT2D eigenvalue weighted by Gasteiger charge is 2.27. The third kappa shape index (κ3) is 4.19. The number of thiophene rings is 1. The average Bonchev–Trinajstić information content (AvgIpc) is 3.58. The van der Waals surface area contributed by atoms with Gasteiger partial charge in [0.15, 0.2) is 0 Å². The molecule has 2 amide bonds. The highest BCUT2D eigenvalue weighted by Crippen LogP contribution is 2.32. The molecule has 0 saturated carbocycles. The molecule has 4 heterocycles. The summed E-state index contributed by atoms with van der Waals surface area (Å²) in [5.41, 5.74) is 2.71. The van der Waals surface area contributed by atoms with Gasteiger partial charge in [0.25, 0.3) is 5.91 Å². The smallest absolute Gasteiger partial charge is 0.268 e. The van der Waals surface area contributed by atoms with E-state index < -0.39 is 0 Å². The third-order valence-electron chi connectivity index (χ3n) is 5.82.